The fourth-order valence-electron chi connectivity index (χ4n) is 2.10. The number of rotatable bonds is 4. The van der Waals surface area contributed by atoms with Gasteiger partial charge in [0.25, 0.3) is 5.56 Å². The van der Waals surface area contributed by atoms with Crippen LogP contribution in [0, 0.1) is 0 Å². The van der Waals surface area contributed by atoms with E-state index in [1.807, 2.05) is 6.07 Å². The summed E-state index contributed by atoms with van der Waals surface area (Å²) < 4.78 is 11.9. The Morgan fingerprint density at radius 3 is 2.52 bits per heavy atom. The van der Waals surface area contributed by atoms with Crippen molar-refractivity contribution in [2.75, 3.05) is 14.2 Å². The van der Waals surface area contributed by atoms with E-state index in [1.54, 1.807) is 46.4 Å². The van der Waals surface area contributed by atoms with Crippen molar-refractivity contribution in [1.29, 1.82) is 0 Å². The largest absolute Gasteiger partial charge is 0.497 e. The van der Waals surface area contributed by atoms with Gasteiger partial charge in [0.2, 0.25) is 0 Å². The van der Waals surface area contributed by atoms with Crippen LogP contribution in [0.2, 0.25) is 0 Å². The zero-order valence-corrected chi connectivity index (χ0v) is 12.6. The second kappa shape index (κ2) is 5.97. The van der Waals surface area contributed by atoms with Crippen LogP contribution in [0.1, 0.15) is 18.5 Å². The van der Waals surface area contributed by atoms with Gasteiger partial charge in [-0.1, -0.05) is 0 Å². The Morgan fingerprint density at radius 1 is 1.24 bits per heavy atom. The third kappa shape index (κ3) is 2.90. The lowest BCUT2D eigenvalue weighted by atomic mass is 10.1. The van der Waals surface area contributed by atoms with Crippen molar-refractivity contribution in [2.24, 2.45) is 12.8 Å². The van der Waals surface area contributed by atoms with Crippen molar-refractivity contribution < 1.29 is 9.47 Å². The molecule has 0 aliphatic heterocycles. The summed E-state index contributed by atoms with van der Waals surface area (Å²) in [5.74, 6) is 1.33. The smallest absolute Gasteiger partial charge is 0.271 e. The molecular weight excluding hydrogens is 270 g/mol. The normalized spacial score (nSPS) is 12.0. The Balaban J connectivity index is 2.69. The van der Waals surface area contributed by atoms with Crippen molar-refractivity contribution >= 4 is 0 Å². The van der Waals surface area contributed by atoms with E-state index in [4.69, 9.17) is 15.2 Å². The van der Waals surface area contributed by atoms with Gasteiger partial charge < -0.3 is 15.2 Å². The first-order valence-electron chi connectivity index (χ1n) is 6.54. The molecule has 6 heteroatoms. The molecule has 0 amide bonds. The highest BCUT2D eigenvalue weighted by Crippen LogP contribution is 2.32. The number of nitrogens with two attached hydrogens (primary N) is 1. The van der Waals surface area contributed by atoms with E-state index in [-0.39, 0.29) is 11.6 Å². The predicted molar refractivity (Wildman–Crippen MR) is 80.6 cm³/mol. The monoisotopic (exact) mass is 289 g/mol. The van der Waals surface area contributed by atoms with Crippen LogP contribution in [0.3, 0.4) is 0 Å². The van der Waals surface area contributed by atoms with Crippen LogP contribution in [0.15, 0.2) is 29.1 Å². The number of hydrogen-bond acceptors (Lipinski definition) is 5. The third-order valence-electron chi connectivity index (χ3n) is 3.26. The predicted octanol–water partition coefficient (Wildman–Crippen LogP) is 1.48. The van der Waals surface area contributed by atoms with Gasteiger partial charge in [-0.3, -0.25) is 4.79 Å². The number of methoxy groups -OCH3 is 2. The highest BCUT2D eigenvalue weighted by atomic mass is 16.5. The van der Waals surface area contributed by atoms with Gasteiger partial charge in [-0.15, -0.1) is 0 Å². The maximum Gasteiger partial charge on any atom is 0.271 e. The van der Waals surface area contributed by atoms with Crippen LogP contribution in [-0.4, -0.2) is 24.0 Å². The summed E-state index contributed by atoms with van der Waals surface area (Å²) in [6, 6.07) is 6.74. The number of aryl methyl sites for hydroxylation is 1. The minimum atomic E-state index is -0.373. The van der Waals surface area contributed by atoms with Crippen molar-refractivity contribution in [3.63, 3.8) is 0 Å². The molecule has 1 aromatic carbocycles. The summed E-state index contributed by atoms with van der Waals surface area (Å²) in [7, 11) is 4.78. The Hall–Kier alpha value is -2.34. The molecule has 6 nitrogen and oxygen atoms in total. The minimum Gasteiger partial charge on any atom is -0.497 e. The standard InChI is InChI=1S/C15H19N3O3/c1-9(16)11-8-13(17-18(2)15(11)19)12-7-10(20-3)5-6-14(12)21-4/h5-9H,16H2,1-4H3. The molecule has 1 unspecified atom stereocenters. The Labute approximate surface area is 123 Å². The quantitative estimate of drug-likeness (QED) is 0.922. The Bertz CT molecular complexity index is 708. The minimum absolute atomic E-state index is 0.199. The molecule has 21 heavy (non-hydrogen) atoms. The maximum absolute atomic E-state index is 12.0. The summed E-state index contributed by atoms with van der Waals surface area (Å²) in [5.41, 5.74) is 7.52. The highest BCUT2D eigenvalue weighted by molar-refractivity contribution is 5.69. The second-order valence-corrected chi connectivity index (χ2v) is 4.77. The van der Waals surface area contributed by atoms with E-state index in [9.17, 15) is 4.79 Å². The van der Waals surface area contributed by atoms with E-state index in [1.165, 1.54) is 4.68 Å². The highest BCUT2D eigenvalue weighted by Gasteiger charge is 2.15. The molecule has 2 rings (SSSR count). The lowest BCUT2D eigenvalue weighted by Gasteiger charge is -2.13. The molecule has 0 saturated carbocycles. The van der Waals surface area contributed by atoms with Crippen LogP contribution in [0.5, 0.6) is 11.5 Å². The molecule has 0 aliphatic rings. The van der Waals surface area contributed by atoms with E-state index in [0.29, 0.717) is 22.8 Å². The van der Waals surface area contributed by atoms with Crippen molar-refractivity contribution in [2.45, 2.75) is 13.0 Å². The van der Waals surface area contributed by atoms with Gasteiger partial charge >= 0.3 is 0 Å². The summed E-state index contributed by atoms with van der Waals surface area (Å²) in [6.07, 6.45) is 0. The lowest BCUT2D eigenvalue weighted by Crippen LogP contribution is -2.27. The molecule has 0 aliphatic carbocycles. The molecule has 2 N–H and O–H groups in total. The number of benzene rings is 1. The SMILES string of the molecule is COc1ccc(OC)c(-c2cc(C(C)N)c(=O)n(C)n2)c1. The molecule has 1 atom stereocenters. The van der Waals surface area contributed by atoms with Crippen LogP contribution >= 0.6 is 0 Å². The third-order valence-corrected chi connectivity index (χ3v) is 3.26. The molecule has 0 spiro atoms. The Kier molecular flexibility index (Phi) is 4.28. The fourth-order valence-corrected chi connectivity index (χ4v) is 2.10. The zero-order chi connectivity index (χ0) is 15.6. The molecule has 0 fully saturated rings. The molecule has 1 heterocycles. The lowest BCUT2D eigenvalue weighted by molar-refractivity contribution is 0.404. The molecule has 112 valence electrons. The van der Waals surface area contributed by atoms with E-state index >= 15 is 0 Å². The first kappa shape index (κ1) is 15.1. The van der Waals surface area contributed by atoms with Crippen LogP contribution < -0.4 is 20.8 Å². The summed E-state index contributed by atoms with van der Waals surface area (Å²) in [6.45, 7) is 1.77. The molecule has 1 aromatic heterocycles. The number of nitrogens with zero attached hydrogens (tertiary/aromatic N) is 2. The van der Waals surface area contributed by atoms with E-state index in [2.05, 4.69) is 5.10 Å². The Morgan fingerprint density at radius 2 is 1.95 bits per heavy atom. The first-order valence-corrected chi connectivity index (χ1v) is 6.54. The maximum atomic E-state index is 12.0. The molecular formula is C15H19N3O3. The molecule has 0 radical (unpaired) electrons. The number of aromatic nitrogens is 2. The fraction of sp³-hybridized carbons (Fsp3) is 0.333. The van der Waals surface area contributed by atoms with Gasteiger partial charge in [-0.25, -0.2) is 4.68 Å². The summed E-state index contributed by atoms with van der Waals surface area (Å²) in [5, 5.41) is 4.28. The molecule has 2 aromatic rings. The van der Waals surface area contributed by atoms with E-state index in [0.717, 1.165) is 5.56 Å². The first-order chi connectivity index (χ1) is 9.97. The van der Waals surface area contributed by atoms with Crippen molar-refractivity contribution in [1.82, 2.24) is 9.78 Å². The topological polar surface area (TPSA) is 79.4 Å². The summed E-state index contributed by atoms with van der Waals surface area (Å²) >= 11 is 0. The number of ether oxygens (including phenoxy) is 2. The van der Waals surface area contributed by atoms with Crippen LogP contribution in [0.25, 0.3) is 11.3 Å². The summed E-state index contributed by atoms with van der Waals surface area (Å²) in [4.78, 5) is 12.0. The van der Waals surface area contributed by atoms with Gasteiger partial charge in [0.05, 0.1) is 19.9 Å². The van der Waals surface area contributed by atoms with Gasteiger partial charge in [0.1, 0.15) is 11.5 Å². The van der Waals surface area contributed by atoms with Gasteiger partial charge in [-0.2, -0.15) is 5.10 Å². The zero-order valence-electron chi connectivity index (χ0n) is 12.6. The molecule has 0 saturated heterocycles. The average molecular weight is 289 g/mol. The average Bonchev–Trinajstić information content (AvgIpc) is 2.48. The van der Waals surface area contributed by atoms with Gasteiger partial charge in [0, 0.05) is 24.2 Å². The van der Waals surface area contributed by atoms with E-state index < -0.39 is 0 Å². The number of hydrogen-bond donors (Lipinski definition) is 1. The van der Waals surface area contributed by atoms with Crippen molar-refractivity contribution in [3.05, 3.63) is 40.2 Å². The van der Waals surface area contributed by atoms with Gasteiger partial charge in [-0.05, 0) is 31.2 Å². The second-order valence-electron chi connectivity index (χ2n) is 4.77. The van der Waals surface area contributed by atoms with Crippen LogP contribution in [-0.2, 0) is 7.05 Å². The van der Waals surface area contributed by atoms with Gasteiger partial charge in [0.15, 0.2) is 0 Å². The van der Waals surface area contributed by atoms with Crippen molar-refractivity contribution in [3.8, 4) is 22.8 Å². The molecule has 0 bridgehead atoms. The van der Waals surface area contributed by atoms with Crippen LogP contribution in [0.4, 0.5) is 0 Å².